The molecule has 0 unspecified atom stereocenters. The standard InChI is InChI=1S/C23H38NO3Si/c1-22(2,3)28(5,6)27-24-18-20(19-14-10-9-11-15-19)21-16-12-7-8-13-17-23(21,25-4)26-24/h9-11,14-15,18,20-21H,7-8,12-13,16-17H2,1-6H3/q+1/t20-,21-,23+/m1/s1. The zero-order chi connectivity index (χ0) is 20.4. The highest BCUT2D eigenvalue weighted by Gasteiger charge is 2.56. The fourth-order valence-corrected chi connectivity index (χ4v) is 5.00. The molecule has 1 aliphatic heterocycles. The van der Waals surface area contributed by atoms with Gasteiger partial charge in [0.2, 0.25) is 0 Å². The van der Waals surface area contributed by atoms with Crippen LogP contribution in [0.1, 0.15) is 70.8 Å². The Bertz CT molecular complexity index is 683. The van der Waals surface area contributed by atoms with Crippen LogP contribution in [-0.2, 0) is 14.1 Å². The van der Waals surface area contributed by atoms with Crippen molar-refractivity contribution in [3.63, 3.8) is 0 Å². The minimum atomic E-state index is -2.03. The molecule has 1 saturated carbocycles. The molecule has 156 valence electrons. The van der Waals surface area contributed by atoms with E-state index in [2.05, 4.69) is 70.4 Å². The lowest BCUT2D eigenvalue weighted by atomic mass is 9.74. The number of hydrogen-bond acceptors (Lipinski definition) is 3. The quantitative estimate of drug-likeness (QED) is 0.572. The lowest BCUT2D eigenvalue weighted by Crippen LogP contribution is -2.55. The fraction of sp³-hybridized carbons (Fsp3) is 0.696. The zero-order valence-electron chi connectivity index (χ0n) is 18.5. The van der Waals surface area contributed by atoms with Crippen LogP contribution < -0.4 is 0 Å². The summed E-state index contributed by atoms with van der Waals surface area (Å²) in [6.07, 6.45) is 9.05. The molecule has 2 aliphatic rings. The van der Waals surface area contributed by atoms with E-state index in [-0.39, 0.29) is 11.0 Å². The van der Waals surface area contributed by atoms with E-state index in [0.29, 0.717) is 5.92 Å². The number of fused-ring (bicyclic) bond motifs is 1. The van der Waals surface area contributed by atoms with Crippen molar-refractivity contribution in [2.75, 3.05) is 7.11 Å². The van der Waals surface area contributed by atoms with Crippen LogP contribution in [0.4, 0.5) is 0 Å². The number of rotatable bonds is 4. The molecule has 4 nitrogen and oxygen atoms in total. The predicted octanol–water partition coefficient (Wildman–Crippen LogP) is 6.05. The molecule has 1 aromatic carbocycles. The van der Waals surface area contributed by atoms with Gasteiger partial charge in [0.15, 0.2) is 4.90 Å². The van der Waals surface area contributed by atoms with E-state index < -0.39 is 14.1 Å². The summed E-state index contributed by atoms with van der Waals surface area (Å²) >= 11 is 0. The van der Waals surface area contributed by atoms with Gasteiger partial charge < -0.3 is 9.26 Å². The molecule has 0 bridgehead atoms. The highest BCUT2D eigenvalue weighted by molar-refractivity contribution is 6.73. The molecule has 0 spiro atoms. The molecule has 28 heavy (non-hydrogen) atoms. The smallest absolute Gasteiger partial charge is 0.338 e. The van der Waals surface area contributed by atoms with E-state index in [1.165, 1.54) is 24.8 Å². The summed E-state index contributed by atoms with van der Waals surface area (Å²) in [5.41, 5.74) is 1.31. The summed E-state index contributed by atoms with van der Waals surface area (Å²) in [5.74, 6) is -0.116. The van der Waals surface area contributed by atoms with E-state index in [1.807, 2.05) is 0 Å². The largest absolute Gasteiger partial charge is 0.351 e. The van der Waals surface area contributed by atoms with Gasteiger partial charge in [0.1, 0.15) is 0 Å². The van der Waals surface area contributed by atoms with Gasteiger partial charge in [-0.1, -0.05) is 70.4 Å². The summed E-state index contributed by atoms with van der Waals surface area (Å²) < 4.78 is 12.7. The fourth-order valence-electron chi connectivity index (χ4n) is 4.17. The number of methoxy groups -OCH3 is 1. The second-order valence-corrected chi connectivity index (χ2v) is 14.6. The summed E-state index contributed by atoms with van der Waals surface area (Å²) in [6, 6.07) is 10.8. The molecule has 1 fully saturated rings. The summed E-state index contributed by atoms with van der Waals surface area (Å²) in [6.45, 7) is 11.3. The van der Waals surface area contributed by atoms with E-state index in [9.17, 15) is 0 Å². The molecule has 0 amide bonds. The third-order valence-electron chi connectivity index (χ3n) is 6.97. The number of benzene rings is 1. The minimum absolute atomic E-state index is 0.102. The van der Waals surface area contributed by atoms with Crippen LogP contribution in [0.3, 0.4) is 0 Å². The second-order valence-electron chi connectivity index (χ2n) is 9.89. The van der Waals surface area contributed by atoms with E-state index in [0.717, 1.165) is 19.3 Å². The van der Waals surface area contributed by atoms with E-state index in [1.54, 1.807) is 12.0 Å². The van der Waals surface area contributed by atoms with Crippen molar-refractivity contribution < 1.29 is 19.0 Å². The Morgan fingerprint density at radius 3 is 2.39 bits per heavy atom. The minimum Gasteiger partial charge on any atom is -0.338 e. The van der Waals surface area contributed by atoms with Crippen LogP contribution >= 0.6 is 0 Å². The van der Waals surface area contributed by atoms with Crippen molar-refractivity contribution >= 4 is 14.5 Å². The predicted molar refractivity (Wildman–Crippen MR) is 116 cm³/mol. The van der Waals surface area contributed by atoms with Crippen molar-refractivity contribution in [1.29, 1.82) is 0 Å². The van der Waals surface area contributed by atoms with Gasteiger partial charge >= 0.3 is 8.32 Å². The topological polar surface area (TPSA) is 30.7 Å². The molecular weight excluding hydrogens is 366 g/mol. The second kappa shape index (κ2) is 8.19. The van der Waals surface area contributed by atoms with Gasteiger partial charge in [-0.05, 0) is 36.5 Å². The SMILES string of the molecule is CO[C@]12CCCCCC[C@@H]1[C@@H](c1ccccc1)C=[N+](O[Si](C)(C)C(C)(C)C)O2. The maximum absolute atomic E-state index is 6.56. The molecular formula is C23H38NO3Si+. The van der Waals surface area contributed by atoms with E-state index >= 15 is 0 Å². The highest BCUT2D eigenvalue weighted by atomic mass is 28.4. The van der Waals surface area contributed by atoms with Crippen LogP contribution in [0.2, 0.25) is 18.1 Å². The first-order valence-corrected chi connectivity index (χ1v) is 13.7. The molecule has 0 radical (unpaired) electrons. The van der Waals surface area contributed by atoms with Gasteiger partial charge in [-0.15, -0.1) is 0 Å². The summed E-state index contributed by atoms with van der Waals surface area (Å²) in [4.78, 5) is 8.19. The van der Waals surface area contributed by atoms with E-state index in [4.69, 9.17) is 14.1 Å². The number of nitrogens with zero attached hydrogens (tertiary/aromatic N) is 1. The van der Waals surface area contributed by atoms with Crippen LogP contribution in [-0.4, -0.2) is 32.3 Å². The van der Waals surface area contributed by atoms with Gasteiger partial charge in [0.25, 0.3) is 12.0 Å². The molecule has 0 N–H and O–H groups in total. The van der Waals surface area contributed by atoms with Gasteiger partial charge in [0.05, 0.1) is 5.92 Å². The maximum Gasteiger partial charge on any atom is 0.351 e. The Labute approximate surface area is 171 Å². The molecule has 0 aromatic heterocycles. The summed E-state index contributed by atoms with van der Waals surface area (Å²) in [5, 5.41) is 0.102. The van der Waals surface area contributed by atoms with Gasteiger partial charge in [-0.3, -0.25) is 0 Å². The van der Waals surface area contributed by atoms with Crippen LogP contribution in [0.25, 0.3) is 0 Å². The van der Waals surface area contributed by atoms with Crippen molar-refractivity contribution in [2.45, 2.75) is 89.1 Å². The maximum atomic E-state index is 6.56. The Balaban J connectivity index is 2.03. The van der Waals surface area contributed by atoms with Gasteiger partial charge in [-0.25, -0.2) is 0 Å². The van der Waals surface area contributed by atoms with Gasteiger partial charge in [-0.2, -0.15) is 4.84 Å². The Morgan fingerprint density at radius 2 is 1.75 bits per heavy atom. The average Bonchev–Trinajstić information content (AvgIpc) is 2.62. The molecule has 5 heteroatoms. The first-order valence-electron chi connectivity index (χ1n) is 10.8. The molecule has 1 heterocycles. The Kier molecular flexibility index (Phi) is 6.25. The Morgan fingerprint density at radius 1 is 1.07 bits per heavy atom. The van der Waals surface area contributed by atoms with Gasteiger partial charge in [0, 0.05) is 19.4 Å². The monoisotopic (exact) mass is 404 g/mol. The lowest BCUT2D eigenvalue weighted by Gasteiger charge is -2.42. The van der Waals surface area contributed by atoms with Crippen molar-refractivity contribution in [2.24, 2.45) is 5.92 Å². The molecule has 3 atom stereocenters. The highest BCUT2D eigenvalue weighted by Crippen LogP contribution is 2.46. The third kappa shape index (κ3) is 4.30. The van der Waals surface area contributed by atoms with Crippen LogP contribution in [0.15, 0.2) is 30.3 Å². The van der Waals surface area contributed by atoms with Crippen LogP contribution in [0.5, 0.6) is 0 Å². The van der Waals surface area contributed by atoms with Crippen molar-refractivity contribution in [3.05, 3.63) is 35.9 Å². The molecule has 0 saturated heterocycles. The first kappa shape index (κ1) is 21.4. The molecule has 1 aromatic rings. The van der Waals surface area contributed by atoms with Crippen molar-refractivity contribution in [3.8, 4) is 0 Å². The van der Waals surface area contributed by atoms with Crippen molar-refractivity contribution in [1.82, 2.24) is 0 Å². The average molecular weight is 405 g/mol. The lowest BCUT2D eigenvalue weighted by molar-refractivity contribution is -0.971. The molecule has 3 rings (SSSR count). The van der Waals surface area contributed by atoms with Crippen LogP contribution in [0, 0.1) is 5.92 Å². The number of ether oxygens (including phenoxy) is 1. The number of hydrogen-bond donors (Lipinski definition) is 0. The molecule has 1 aliphatic carbocycles. The first-order chi connectivity index (χ1) is 13.2. The Hall–Kier alpha value is -1.33. The zero-order valence-corrected chi connectivity index (χ0v) is 19.5. The third-order valence-corrected chi connectivity index (χ3v) is 11.2. The summed E-state index contributed by atoms with van der Waals surface area (Å²) in [7, 11) is -0.235. The normalized spacial score (nSPS) is 29.0.